The Labute approximate surface area is 135 Å². The highest BCUT2D eigenvalue weighted by atomic mass is 35.5. The van der Waals surface area contributed by atoms with E-state index in [1.54, 1.807) is 11.8 Å². The number of hydrogen-bond donors (Lipinski definition) is 1. The van der Waals surface area contributed by atoms with E-state index in [-0.39, 0.29) is 0 Å². The zero-order valence-electron chi connectivity index (χ0n) is 11.7. The lowest BCUT2D eigenvalue weighted by atomic mass is 10.2. The number of aliphatic hydroxyl groups is 1. The molecule has 112 valence electrons. The van der Waals surface area contributed by atoms with Gasteiger partial charge in [-0.05, 0) is 17.2 Å². The van der Waals surface area contributed by atoms with E-state index in [1.165, 1.54) is 0 Å². The fraction of sp³-hybridized carbons (Fsp3) is 0.294. The van der Waals surface area contributed by atoms with Crippen LogP contribution in [0.15, 0.2) is 54.6 Å². The number of ether oxygens (including phenoxy) is 1. The van der Waals surface area contributed by atoms with Crippen molar-refractivity contribution in [1.82, 2.24) is 0 Å². The molecule has 0 heterocycles. The molecule has 0 fully saturated rings. The van der Waals surface area contributed by atoms with Crippen LogP contribution in [0.2, 0.25) is 5.02 Å². The molecule has 1 N–H and O–H groups in total. The predicted octanol–water partition coefficient (Wildman–Crippen LogP) is 4.15. The molecule has 0 aliphatic heterocycles. The van der Waals surface area contributed by atoms with Crippen LogP contribution < -0.4 is 0 Å². The van der Waals surface area contributed by atoms with Gasteiger partial charge in [-0.3, -0.25) is 0 Å². The molecule has 2 rings (SSSR count). The third-order valence-electron chi connectivity index (χ3n) is 2.95. The third kappa shape index (κ3) is 6.10. The van der Waals surface area contributed by atoms with Crippen molar-refractivity contribution in [2.24, 2.45) is 0 Å². The summed E-state index contributed by atoms with van der Waals surface area (Å²) in [5.41, 5.74) is 2.22. The molecular weight excluding hydrogens is 304 g/mol. The summed E-state index contributed by atoms with van der Waals surface area (Å²) in [5, 5.41) is 10.7. The van der Waals surface area contributed by atoms with E-state index in [4.69, 9.17) is 16.3 Å². The second kappa shape index (κ2) is 9.11. The zero-order valence-corrected chi connectivity index (χ0v) is 13.3. The minimum Gasteiger partial charge on any atom is -0.390 e. The zero-order chi connectivity index (χ0) is 14.9. The molecule has 2 aromatic rings. The summed E-state index contributed by atoms with van der Waals surface area (Å²) in [6.07, 6.45) is -0.457. The highest BCUT2D eigenvalue weighted by molar-refractivity contribution is 7.98. The Morgan fingerprint density at radius 2 is 1.76 bits per heavy atom. The number of rotatable bonds is 8. The molecule has 0 saturated carbocycles. The maximum atomic E-state index is 9.90. The van der Waals surface area contributed by atoms with Gasteiger partial charge in [-0.15, -0.1) is 0 Å². The predicted molar refractivity (Wildman–Crippen MR) is 89.7 cm³/mol. The smallest absolute Gasteiger partial charge is 0.0864 e. The summed E-state index contributed by atoms with van der Waals surface area (Å²) in [5.74, 6) is 1.44. The Kier molecular flexibility index (Phi) is 7.10. The van der Waals surface area contributed by atoms with E-state index in [2.05, 4.69) is 0 Å². The second-order valence-corrected chi connectivity index (χ2v) is 6.20. The van der Waals surface area contributed by atoms with Crippen molar-refractivity contribution in [3.8, 4) is 0 Å². The first-order valence-electron chi connectivity index (χ1n) is 6.86. The topological polar surface area (TPSA) is 29.5 Å². The first-order chi connectivity index (χ1) is 10.3. The number of thioether (sulfide) groups is 1. The summed E-state index contributed by atoms with van der Waals surface area (Å²) >= 11 is 7.75. The molecule has 21 heavy (non-hydrogen) atoms. The second-order valence-electron chi connectivity index (χ2n) is 4.76. The van der Waals surface area contributed by atoms with Crippen molar-refractivity contribution in [3.63, 3.8) is 0 Å². The summed E-state index contributed by atoms with van der Waals surface area (Å²) in [6, 6.07) is 17.7. The minimum absolute atomic E-state index is 0.352. The van der Waals surface area contributed by atoms with Crippen LogP contribution in [0.3, 0.4) is 0 Å². The molecule has 1 atom stereocenters. The van der Waals surface area contributed by atoms with Crippen LogP contribution in [0.5, 0.6) is 0 Å². The molecule has 0 spiro atoms. The van der Waals surface area contributed by atoms with Gasteiger partial charge in [0.2, 0.25) is 0 Å². The molecule has 0 bridgehead atoms. The fourth-order valence-electron chi connectivity index (χ4n) is 1.86. The molecule has 0 aromatic heterocycles. The van der Waals surface area contributed by atoms with Crippen molar-refractivity contribution in [3.05, 3.63) is 70.7 Å². The molecule has 0 aliphatic carbocycles. The van der Waals surface area contributed by atoms with Gasteiger partial charge in [0, 0.05) is 16.5 Å². The van der Waals surface area contributed by atoms with Gasteiger partial charge >= 0.3 is 0 Å². The molecule has 0 radical (unpaired) electrons. The van der Waals surface area contributed by atoms with Crippen LogP contribution >= 0.6 is 23.4 Å². The number of benzene rings is 2. The van der Waals surface area contributed by atoms with Crippen LogP contribution in [0.1, 0.15) is 11.1 Å². The van der Waals surface area contributed by atoms with Gasteiger partial charge in [0.05, 0.1) is 19.3 Å². The third-order valence-corrected chi connectivity index (χ3v) is 4.45. The van der Waals surface area contributed by atoms with Crippen LogP contribution in [0, 0.1) is 0 Å². The lowest BCUT2D eigenvalue weighted by Gasteiger charge is -2.11. The first-order valence-corrected chi connectivity index (χ1v) is 8.40. The molecule has 2 nitrogen and oxygen atoms in total. The number of aliphatic hydroxyl groups excluding tert-OH is 1. The minimum atomic E-state index is -0.457. The highest BCUT2D eigenvalue weighted by Gasteiger charge is 2.06. The Bertz CT molecular complexity index is 533. The van der Waals surface area contributed by atoms with Crippen molar-refractivity contribution in [2.75, 3.05) is 12.4 Å². The molecule has 4 heteroatoms. The van der Waals surface area contributed by atoms with Gasteiger partial charge in [-0.25, -0.2) is 0 Å². The van der Waals surface area contributed by atoms with Gasteiger partial charge in [-0.1, -0.05) is 60.1 Å². The van der Waals surface area contributed by atoms with Gasteiger partial charge in [0.25, 0.3) is 0 Å². The number of hydrogen-bond acceptors (Lipinski definition) is 3. The van der Waals surface area contributed by atoms with Crippen LogP contribution in [0.25, 0.3) is 0 Å². The van der Waals surface area contributed by atoms with E-state index in [1.807, 2.05) is 54.6 Å². The van der Waals surface area contributed by atoms with Crippen molar-refractivity contribution < 1.29 is 9.84 Å². The standard InChI is InChI=1S/C17H19ClO2S/c18-17-9-5-4-8-15(17)12-21-13-16(19)11-20-10-14-6-2-1-3-7-14/h1-9,16,19H,10-13H2. The van der Waals surface area contributed by atoms with Crippen molar-refractivity contribution >= 4 is 23.4 Å². The fourth-order valence-corrected chi connectivity index (χ4v) is 3.10. The highest BCUT2D eigenvalue weighted by Crippen LogP contribution is 2.21. The molecule has 0 saturated heterocycles. The Morgan fingerprint density at radius 3 is 2.52 bits per heavy atom. The van der Waals surface area contributed by atoms with Gasteiger partial charge in [0.1, 0.15) is 0 Å². The summed E-state index contributed by atoms with van der Waals surface area (Å²) in [4.78, 5) is 0. The normalized spacial score (nSPS) is 12.3. The van der Waals surface area contributed by atoms with Crippen LogP contribution in [-0.4, -0.2) is 23.6 Å². The number of halogens is 1. The largest absolute Gasteiger partial charge is 0.390 e. The van der Waals surface area contributed by atoms with Crippen LogP contribution in [-0.2, 0) is 17.1 Å². The van der Waals surface area contributed by atoms with Gasteiger partial charge in [-0.2, -0.15) is 11.8 Å². The molecular formula is C17H19ClO2S. The average Bonchev–Trinajstić information content (AvgIpc) is 2.50. The SMILES string of the molecule is OC(COCc1ccccc1)CSCc1ccccc1Cl. The Morgan fingerprint density at radius 1 is 1.05 bits per heavy atom. The Hall–Kier alpha value is -1.00. The molecule has 0 aliphatic rings. The maximum Gasteiger partial charge on any atom is 0.0864 e. The van der Waals surface area contributed by atoms with Crippen molar-refractivity contribution in [1.29, 1.82) is 0 Å². The average molecular weight is 323 g/mol. The van der Waals surface area contributed by atoms with Gasteiger partial charge in [0.15, 0.2) is 0 Å². The van der Waals surface area contributed by atoms with Crippen LogP contribution in [0.4, 0.5) is 0 Å². The lowest BCUT2D eigenvalue weighted by molar-refractivity contribution is 0.0398. The van der Waals surface area contributed by atoms with Crippen molar-refractivity contribution in [2.45, 2.75) is 18.5 Å². The summed E-state index contributed by atoms with van der Waals surface area (Å²) < 4.78 is 5.52. The first kappa shape index (κ1) is 16.4. The summed E-state index contributed by atoms with van der Waals surface area (Å²) in [7, 11) is 0. The quantitative estimate of drug-likeness (QED) is 0.791. The lowest BCUT2D eigenvalue weighted by Crippen LogP contribution is -2.18. The van der Waals surface area contributed by atoms with E-state index < -0.39 is 6.10 Å². The van der Waals surface area contributed by atoms with Gasteiger partial charge < -0.3 is 9.84 Å². The summed E-state index contributed by atoms with van der Waals surface area (Å²) in [6.45, 7) is 0.886. The maximum absolute atomic E-state index is 9.90. The molecule has 0 amide bonds. The Balaban J connectivity index is 1.62. The molecule has 1 unspecified atom stereocenters. The molecule has 2 aromatic carbocycles. The van der Waals surface area contributed by atoms with E-state index in [0.717, 1.165) is 21.9 Å². The van der Waals surface area contributed by atoms with E-state index in [0.29, 0.717) is 19.0 Å². The van der Waals surface area contributed by atoms with E-state index >= 15 is 0 Å². The monoisotopic (exact) mass is 322 g/mol. The van der Waals surface area contributed by atoms with E-state index in [9.17, 15) is 5.11 Å².